The number of carbonyl (C=O) groups is 1. The largest absolute Gasteiger partial charge is 0.325 e. The van der Waals surface area contributed by atoms with Crippen LogP contribution in [0.3, 0.4) is 0 Å². The maximum absolute atomic E-state index is 12.7. The molecule has 33 heavy (non-hydrogen) atoms. The van der Waals surface area contributed by atoms with Gasteiger partial charge >= 0.3 is 0 Å². The second kappa shape index (κ2) is 9.94. The quantitative estimate of drug-likeness (QED) is 0.424. The Morgan fingerprint density at radius 1 is 0.909 bits per heavy atom. The van der Waals surface area contributed by atoms with Gasteiger partial charge in [0.1, 0.15) is 0 Å². The molecule has 0 fully saturated rings. The lowest BCUT2D eigenvalue weighted by molar-refractivity contribution is -0.113. The molecule has 1 aliphatic heterocycles. The molecule has 4 rings (SSSR count). The van der Waals surface area contributed by atoms with E-state index in [4.69, 9.17) is 21.6 Å². The standard InChI is InChI=1S/C27H26ClN3OS/c1-16-5-8-20(9-6-16)23-14-27(31-25-12-19(4)18(3)11-24(25)29-23)33-15-26(32)30-22-13-21(28)10-7-17(22)2/h5-13H,14-15H2,1-4H3,(H,30,32). The van der Waals surface area contributed by atoms with Gasteiger partial charge in [-0.25, -0.2) is 4.99 Å². The highest BCUT2D eigenvalue weighted by atomic mass is 35.5. The highest BCUT2D eigenvalue weighted by Crippen LogP contribution is 2.36. The number of hydrogen-bond acceptors (Lipinski definition) is 4. The van der Waals surface area contributed by atoms with E-state index in [1.165, 1.54) is 28.5 Å². The van der Waals surface area contributed by atoms with Crippen LogP contribution in [-0.4, -0.2) is 22.4 Å². The van der Waals surface area contributed by atoms with Gasteiger partial charge in [-0.15, -0.1) is 11.8 Å². The molecule has 1 amide bonds. The average Bonchev–Trinajstić information content (AvgIpc) is 2.95. The minimum Gasteiger partial charge on any atom is -0.325 e. The van der Waals surface area contributed by atoms with Crippen molar-refractivity contribution in [2.45, 2.75) is 34.1 Å². The molecule has 0 bridgehead atoms. The van der Waals surface area contributed by atoms with Gasteiger partial charge < -0.3 is 5.32 Å². The number of nitrogens with zero attached hydrogens (tertiary/aromatic N) is 2. The lowest BCUT2D eigenvalue weighted by atomic mass is 10.1. The van der Waals surface area contributed by atoms with Crippen molar-refractivity contribution in [3.05, 3.63) is 87.4 Å². The Morgan fingerprint density at radius 2 is 1.58 bits per heavy atom. The van der Waals surface area contributed by atoms with E-state index in [9.17, 15) is 4.79 Å². The third-order valence-electron chi connectivity index (χ3n) is 5.64. The Bertz CT molecular complexity index is 1280. The zero-order valence-electron chi connectivity index (χ0n) is 19.2. The number of aryl methyl sites for hydroxylation is 4. The van der Waals surface area contributed by atoms with E-state index in [1.54, 1.807) is 6.07 Å². The number of amides is 1. The normalized spacial score (nSPS) is 13.0. The summed E-state index contributed by atoms with van der Waals surface area (Å²) < 4.78 is 0. The van der Waals surface area contributed by atoms with Crippen LogP contribution in [0.4, 0.5) is 17.1 Å². The number of nitrogens with one attached hydrogen (secondary N) is 1. The summed E-state index contributed by atoms with van der Waals surface area (Å²) in [6.07, 6.45) is 0.573. The van der Waals surface area contributed by atoms with Gasteiger partial charge in [0.15, 0.2) is 0 Å². The number of hydrogen-bond donors (Lipinski definition) is 1. The third-order valence-corrected chi connectivity index (χ3v) is 6.85. The van der Waals surface area contributed by atoms with Crippen LogP contribution in [0.1, 0.15) is 34.2 Å². The van der Waals surface area contributed by atoms with Crippen LogP contribution in [0.5, 0.6) is 0 Å². The van der Waals surface area contributed by atoms with Crippen LogP contribution in [0.15, 0.2) is 64.6 Å². The van der Waals surface area contributed by atoms with Crippen LogP contribution in [0.2, 0.25) is 5.02 Å². The first-order valence-electron chi connectivity index (χ1n) is 10.8. The Morgan fingerprint density at radius 3 is 2.27 bits per heavy atom. The maximum atomic E-state index is 12.7. The van der Waals surface area contributed by atoms with Gasteiger partial charge in [0.2, 0.25) is 5.91 Å². The molecule has 0 unspecified atom stereocenters. The summed E-state index contributed by atoms with van der Waals surface area (Å²) in [4.78, 5) is 22.6. The molecule has 0 radical (unpaired) electrons. The van der Waals surface area contributed by atoms with E-state index in [0.29, 0.717) is 11.4 Å². The van der Waals surface area contributed by atoms with E-state index < -0.39 is 0 Å². The summed E-state index contributed by atoms with van der Waals surface area (Å²) >= 11 is 7.53. The van der Waals surface area contributed by atoms with Crippen LogP contribution in [-0.2, 0) is 4.79 Å². The molecule has 1 heterocycles. The minimum absolute atomic E-state index is 0.0913. The Balaban J connectivity index is 1.59. The second-order valence-corrected chi connectivity index (χ2v) is 9.81. The van der Waals surface area contributed by atoms with Crippen molar-refractivity contribution >= 4 is 57.1 Å². The van der Waals surface area contributed by atoms with E-state index >= 15 is 0 Å². The number of anilines is 1. The lowest BCUT2D eigenvalue weighted by Crippen LogP contribution is -2.17. The van der Waals surface area contributed by atoms with Crippen LogP contribution < -0.4 is 5.32 Å². The molecular weight excluding hydrogens is 450 g/mol. The van der Waals surface area contributed by atoms with Crippen LogP contribution in [0.25, 0.3) is 0 Å². The Kier molecular flexibility index (Phi) is 7.01. The molecular formula is C27H26ClN3OS. The predicted molar refractivity (Wildman–Crippen MR) is 142 cm³/mol. The number of halogens is 1. The first kappa shape index (κ1) is 23.3. The molecule has 6 heteroatoms. The van der Waals surface area contributed by atoms with Gasteiger partial charge in [-0.05, 0) is 74.2 Å². The second-order valence-electron chi connectivity index (χ2n) is 8.33. The Labute approximate surface area is 204 Å². The Hall–Kier alpha value is -2.89. The maximum Gasteiger partial charge on any atom is 0.234 e. The summed E-state index contributed by atoms with van der Waals surface area (Å²) in [5.74, 6) is 0.165. The number of benzene rings is 3. The summed E-state index contributed by atoms with van der Waals surface area (Å²) in [7, 11) is 0. The smallest absolute Gasteiger partial charge is 0.234 e. The van der Waals surface area contributed by atoms with Crippen LogP contribution >= 0.6 is 23.4 Å². The summed E-state index contributed by atoms with van der Waals surface area (Å²) in [6.45, 7) is 8.18. The van der Waals surface area contributed by atoms with Gasteiger partial charge in [-0.3, -0.25) is 9.79 Å². The highest BCUT2D eigenvalue weighted by Gasteiger charge is 2.18. The number of aliphatic imine (C=N–C) groups is 2. The molecule has 3 aromatic rings. The molecule has 168 valence electrons. The van der Waals surface area contributed by atoms with Crippen molar-refractivity contribution in [3.63, 3.8) is 0 Å². The van der Waals surface area contributed by atoms with Crippen molar-refractivity contribution in [2.24, 2.45) is 9.98 Å². The van der Waals surface area contributed by atoms with Crippen molar-refractivity contribution in [2.75, 3.05) is 11.1 Å². The fourth-order valence-corrected chi connectivity index (χ4v) is 4.47. The lowest BCUT2D eigenvalue weighted by Gasteiger charge is -2.10. The van der Waals surface area contributed by atoms with E-state index in [-0.39, 0.29) is 11.7 Å². The molecule has 4 nitrogen and oxygen atoms in total. The topological polar surface area (TPSA) is 53.8 Å². The molecule has 0 saturated carbocycles. The number of carbonyl (C=O) groups excluding carboxylic acids is 1. The predicted octanol–water partition coefficient (Wildman–Crippen LogP) is 7.50. The summed E-state index contributed by atoms with van der Waals surface area (Å²) in [5.41, 5.74) is 8.99. The van der Waals surface area contributed by atoms with E-state index in [2.05, 4.69) is 62.5 Å². The zero-order valence-corrected chi connectivity index (χ0v) is 20.8. The van der Waals surface area contributed by atoms with Crippen molar-refractivity contribution in [1.82, 2.24) is 0 Å². The SMILES string of the molecule is Cc1ccc(C2=Nc3cc(C)c(C)cc3N=C(SCC(=O)Nc3cc(Cl)ccc3C)C2)cc1. The zero-order chi connectivity index (χ0) is 23.5. The molecule has 0 aliphatic carbocycles. The fraction of sp³-hybridized carbons (Fsp3) is 0.222. The molecule has 1 N–H and O–H groups in total. The van der Waals surface area contributed by atoms with Crippen LogP contribution in [0, 0.1) is 27.7 Å². The van der Waals surface area contributed by atoms with Gasteiger partial charge in [-0.1, -0.05) is 47.5 Å². The van der Waals surface area contributed by atoms with Crippen molar-refractivity contribution in [1.29, 1.82) is 0 Å². The summed E-state index contributed by atoms with van der Waals surface area (Å²) in [5, 5.41) is 4.43. The van der Waals surface area contributed by atoms with Gasteiger partial charge in [0, 0.05) is 17.1 Å². The minimum atomic E-state index is -0.0913. The number of thioether (sulfide) groups is 1. The third kappa shape index (κ3) is 5.73. The fourth-order valence-electron chi connectivity index (χ4n) is 3.53. The molecule has 3 aromatic carbocycles. The average molecular weight is 476 g/mol. The van der Waals surface area contributed by atoms with Crippen molar-refractivity contribution in [3.8, 4) is 0 Å². The molecule has 0 aromatic heterocycles. The monoisotopic (exact) mass is 475 g/mol. The molecule has 0 spiro atoms. The van der Waals surface area contributed by atoms with Gasteiger partial charge in [0.05, 0.1) is 27.9 Å². The number of fused-ring (bicyclic) bond motifs is 1. The highest BCUT2D eigenvalue weighted by molar-refractivity contribution is 8.14. The first-order chi connectivity index (χ1) is 15.8. The number of rotatable bonds is 4. The molecule has 1 aliphatic rings. The first-order valence-corrected chi connectivity index (χ1v) is 12.2. The summed E-state index contributed by atoms with van der Waals surface area (Å²) in [6, 6.07) is 18.0. The van der Waals surface area contributed by atoms with Gasteiger partial charge in [-0.2, -0.15) is 0 Å². The molecule has 0 atom stereocenters. The van der Waals surface area contributed by atoms with Gasteiger partial charge in [0.25, 0.3) is 0 Å². The van der Waals surface area contributed by atoms with Crippen molar-refractivity contribution < 1.29 is 4.79 Å². The van der Waals surface area contributed by atoms with E-state index in [1.807, 2.05) is 19.1 Å². The molecule has 0 saturated heterocycles. The van der Waals surface area contributed by atoms with E-state index in [0.717, 1.165) is 38.9 Å².